The van der Waals surface area contributed by atoms with Crippen LogP contribution in [-0.4, -0.2) is 89.4 Å². The van der Waals surface area contributed by atoms with Gasteiger partial charge in [-0.05, 0) is 5.92 Å². The third kappa shape index (κ3) is 7.58. The molecule has 0 saturated carbocycles. The number of anilines is 2. The van der Waals surface area contributed by atoms with Crippen molar-refractivity contribution in [3.63, 3.8) is 0 Å². The van der Waals surface area contributed by atoms with Crippen LogP contribution in [-0.2, 0) is 43.9 Å². The van der Waals surface area contributed by atoms with Crippen LogP contribution in [0.25, 0.3) is 22.3 Å². The van der Waals surface area contributed by atoms with Crippen LogP contribution < -0.4 is 33.8 Å². The maximum absolute atomic E-state index is 16.0. The number of fused-ring (bicyclic) bond motifs is 4. The Balaban J connectivity index is 0.00000243. The number of nitrogens with two attached hydrogens (primary N) is 1. The van der Waals surface area contributed by atoms with Crippen molar-refractivity contribution in [2.45, 2.75) is 63.3 Å². The smallest absolute Gasteiger partial charge is 0.386 e. The number of imidazole rings is 2. The molecule has 276 valence electrons. The van der Waals surface area contributed by atoms with E-state index in [1.54, 1.807) is 0 Å². The fraction of sp³-hybridized carbons (Fsp3) is 0.583. The third-order valence-electron chi connectivity index (χ3n) is 7.85. The van der Waals surface area contributed by atoms with Gasteiger partial charge in [0.25, 0.3) is 5.56 Å². The summed E-state index contributed by atoms with van der Waals surface area (Å²) in [6, 6.07) is 0. The van der Waals surface area contributed by atoms with Crippen molar-refractivity contribution in [1.29, 1.82) is 0 Å². The van der Waals surface area contributed by atoms with Gasteiger partial charge in [0.05, 0.1) is 32.0 Å². The minimum Gasteiger partial charge on any atom is -0.780 e. The largest absolute Gasteiger partial charge is 0.780 e. The lowest BCUT2D eigenvalue weighted by molar-refractivity contribution is -0.215. The SMILES string of the molecule is CC(C)CNc1nc2c(ncn2[C@H]2C[C@@H]3OP([O-])(=S)OC[C@H]4O[C@@H](n5cnc6c(N)ncnc65)[C@H](F)[C@@H]4OP(=O)(S)OC[C@H]3O2)c(=O)[nH]1.N.N. The molecule has 3 fully saturated rings. The molecule has 50 heavy (non-hydrogen) atoms. The van der Waals surface area contributed by atoms with Gasteiger partial charge in [-0.2, -0.15) is 4.98 Å². The van der Waals surface area contributed by atoms with Crippen molar-refractivity contribution in [3.8, 4) is 0 Å². The first-order valence-electron chi connectivity index (χ1n) is 14.7. The first-order chi connectivity index (χ1) is 22.8. The number of halogens is 1. The molecule has 21 nitrogen and oxygen atoms in total. The molecule has 10 N–H and O–H groups in total. The molecule has 4 aromatic rings. The van der Waals surface area contributed by atoms with Gasteiger partial charge < -0.3 is 46.8 Å². The number of aromatic nitrogens is 8. The number of rotatable bonds is 5. The number of nitrogen functional groups attached to an aromatic ring is 1. The second kappa shape index (κ2) is 14.7. The summed E-state index contributed by atoms with van der Waals surface area (Å²) in [5.41, 5.74) is 6.05. The van der Waals surface area contributed by atoms with Gasteiger partial charge in [0, 0.05) is 13.0 Å². The van der Waals surface area contributed by atoms with E-state index in [9.17, 15) is 14.3 Å². The van der Waals surface area contributed by atoms with Crippen LogP contribution >= 0.6 is 25.8 Å². The van der Waals surface area contributed by atoms with Crippen molar-refractivity contribution < 1.29 is 41.4 Å². The molecule has 0 radical (unpaired) electrons. The van der Waals surface area contributed by atoms with Crippen LogP contribution in [0.5, 0.6) is 0 Å². The fourth-order valence-corrected chi connectivity index (χ4v) is 8.54. The molecule has 9 atom stereocenters. The molecule has 26 heteroatoms. The maximum Gasteiger partial charge on any atom is 0.386 e. The highest BCUT2D eigenvalue weighted by atomic mass is 32.7. The minimum atomic E-state index is -4.30. The number of aromatic amines is 1. The van der Waals surface area contributed by atoms with Gasteiger partial charge in [-0.3, -0.25) is 28.0 Å². The number of hydrogen-bond donors (Lipinski definition) is 6. The Hall–Kier alpha value is -2.70. The number of nitrogens with zero attached hydrogens (tertiary/aromatic N) is 7. The molecular weight excluding hydrogens is 745 g/mol. The lowest BCUT2D eigenvalue weighted by atomic mass is 10.1. The zero-order valence-corrected chi connectivity index (χ0v) is 30.1. The Kier molecular flexibility index (Phi) is 11.4. The summed E-state index contributed by atoms with van der Waals surface area (Å²) >= 11 is 9.27. The van der Waals surface area contributed by atoms with E-state index in [0.29, 0.717) is 6.54 Å². The van der Waals surface area contributed by atoms with Crippen molar-refractivity contribution >= 4 is 71.7 Å². The molecule has 3 saturated heterocycles. The predicted molar refractivity (Wildman–Crippen MR) is 181 cm³/mol. The zero-order chi connectivity index (χ0) is 34.0. The van der Waals surface area contributed by atoms with E-state index in [2.05, 4.69) is 47.5 Å². The molecule has 3 aliphatic heterocycles. The molecule has 7 heterocycles. The van der Waals surface area contributed by atoms with Gasteiger partial charge in [0.1, 0.15) is 43.1 Å². The van der Waals surface area contributed by atoms with E-state index in [1.165, 1.54) is 28.1 Å². The van der Waals surface area contributed by atoms with Gasteiger partial charge in [-0.15, -0.1) is 0 Å². The average Bonchev–Trinajstić information content (AvgIpc) is 3.79. The number of ether oxygens (including phenoxy) is 2. The number of alkyl halides is 1. The van der Waals surface area contributed by atoms with Gasteiger partial charge in [0.15, 0.2) is 35.0 Å². The van der Waals surface area contributed by atoms with Gasteiger partial charge >= 0.3 is 6.80 Å². The van der Waals surface area contributed by atoms with Crippen molar-refractivity contribution in [2.75, 3.05) is 30.8 Å². The fourth-order valence-electron chi connectivity index (χ4n) is 5.60. The van der Waals surface area contributed by atoms with E-state index in [4.69, 9.17) is 45.1 Å². The van der Waals surface area contributed by atoms with Crippen LogP contribution in [0.4, 0.5) is 16.2 Å². The van der Waals surface area contributed by atoms with E-state index in [1.807, 2.05) is 13.8 Å². The quantitative estimate of drug-likeness (QED) is 0.124. The van der Waals surface area contributed by atoms with Gasteiger partial charge in [-0.25, -0.2) is 28.9 Å². The van der Waals surface area contributed by atoms with Gasteiger partial charge in [0.2, 0.25) is 5.95 Å². The highest BCUT2D eigenvalue weighted by Crippen LogP contribution is 2.58. The lowest BCUT2D eigenvalue weighted by Gasteiger charge is -2.34. The number of nitrogens with one attached hydrogen (secondary N) is 2. The Morgan fingerprint density at radius 2 is 1.80 bits per heavy atom. The predicted octanol–water partition coefficient (Wildman–Crippen LogP) is 1.90. The highest BCUT2D eigenvalue weighted by Gasteiger charge is 2.51. The summed E-state index contributed by atoms with van der Waals surface area (Å²) in [6.45, 7) is -5.06. The Labute approximate surface area is 293 Å². The van der Waals surface area contributed by atoms with Crippen LogP contribution in [0.2, 0.25) is 0 Å². The van der Waals surface area contributed by atoms with Crippen LogP contribution in [0.3, 0.4) is 0 Å². The van der Waals surface area contributed by atoms with E-state index in [0.717, 1.165) is 0 Å². The third-order valence-corrected chi connectivity index (χ3v) is 11.0. The Bertz CT molecular complexity index is 2000. The lowest BCUT2D eigenvalue weighted by Crippen LogP contribution is -2.36. The molecule has 0 bridgehead atoms. The standard InChI is InChI=1S/C24H31FN10O9P2S2.2H3N/c1-10(2)4-27-24-32-21-17(22(36)33-24)31-8-34(21)14-3-11-12(41-14)5-39-46(38,48)44-18-13(6-40-45(37,47)43-11)42-23(15(18)25)35-9-30-16-19(26)28-7-29-20(16)35;;/h7-15,18,23H,3-6H2,1-2H3,(H,37,47)(H,38,48)(H2,26,28,29)(H2,27,32,33,36);2*1H3/p-1/t11-,12+,13+,14+,15+,18+,23+,45?,46?;;/m0../s1. The maximum atomic E-state index is 16.0. The summed E-state index contributed by atoms with van der Waals surface area (Å²) in [6.07, 6.45) is -5.36. The molecule has 0 aromatic carbocycles. The number of H-pyrrole nitrogens is 1. The molecule has 2 unspecified atom stereocenters. The first-order valence-corrected chi connectivity index (χ1v) is 19.9. The summed E-state index contributed by atoms with van der Waals surface area (Å²) in [7, 11) is 0. The molecule has 0 amide bonds. The molecule has 0 spiro atoms. The summed E-state index contributed by atoms with van der Waals surface area (Å²) in [4.78, 5) is 49.6. The summed E-state index contributed by atoms with van der Waals surface area (Å²) in [5, 5.41) is 3.07. The zero-order valence-electron chi connectivity index (χ0n) is 26.6. The highest BCUT2D eigenvalue weighted by molar-refractivity contribution is 8.44. The van der Waals surface area contributed by atoms with Crippen molar-refractivity contribution in [3.05, 3.63) is 29.3 Å². The summed E-state index contributed by atoms with van der Waals surface area (Å²) in [5.74, 6) is 0.589. The van der Waals surface area contributed by atoms with Crippen LogP contribution in [0, 0.1) is 5.92 Å². The molecular formula is C24H36FN12O9P2S2-. The topological polar surface area (TPSA) is 311 Å². The summed E-state index contributed by atoms with van der Waals surface area (Å²) < 4.78 is 66.7. The number of thiol groups is 1. The first kappa shape index (κ1) is 38.5. The van der Waals surface area contributed by atoms with Gasteiger partial charge in [-0.1, -0.05) is 37.9 Å². The van der Waals surface area contributed by atoms with Crippen LogP contribution in [0.1, 0.15) is 32.7 Å². The average molecular weight is 782 g/mol. The molecule has 7 rings (SSSR count). The monoisotopic (exact) mass is 781 g/mol. The van der Waals surface area contributed by atoms with E-state index in [-0.39, 0.29) is 58.7 Å². The molecule has 3 aliphatic rings. The number of hydrogen-bond acceptors (Lipinski definition) is 19. The van der Waals surface area contributed by atoms with E-state index >= 15 is 4.39 Å². The van der Waals surface area contributed by atoms with Crippen molar-refractivity contribution in [2.24, 2.45) is 5.92 Å². The molecule has 0 aliphatic carbocycles. The normalized spacial score (nSPS) is 33.2. The Morgan fingerprint density at radius 3 is 2.56 bits per heavy atom. The Morgan fingerprint density at radius 1 is 1.08 bits per heavy atom. The minimum absolute atomic E-state index is 0. The van der Waals surface area contributed by atoms with Crippen molar-refractivity contribution in [1.82, 2.24) is 51.3 Å². The second-order valence-corrected chi connectivity index (χ2v) is 17.3. The van der Waals surface area contributed by atoms with Crippen LogP contribution in [0.15, 0.2) is 23.8 Å². The second-order valence-electron chi connectivity index (χ2n) is 11.7. The molecule has 4 aromatic heterocycles. The van der Waals surface area contributed by atoms with E-state index < -0.39 is 75.3 Å².